The van der Waals surface area contributed by atoms with Gasteiger partial charge in [0, 0.05) is 11.1 Å². The summed E-state index contributed by atoms with van der Waals surface area (Å²) < 4.78 is 5.75. The van der Waals surface area contributed by atoms with Gasteiger partial charge in [-0.15, -0.1) is 0 Å². The first-order chi connectivity index (χ1) is 9.69. The quantitative estimate of drug-likeness (QED) is 0.893. The van der Waals surface area contributed by atoms with Crippen LogP contribution in [0.5, 0.6) is 5.75 Å². The molecule has 2 rings (SSSR count). The van der Waals surface area contributed by atoms with Crippen LogP contribution in [0.4, 0.5) is 0 Å². The number of carbonyl (C=O) groups is 1. The summed E-state index contributed by atoms with van der Waals surface area (Å²) in [5.74, 6) is 0.627. The zero-order chi connectivity index (χ0) is 14.4. The molecule has 1 atom stereocenters. The third kappa shape index (κ3) is 4.41. The molecular weight excluding hydrogens is 274 g/mol. The van der Waals surface area contributed by atoms with E-state index in [9.17, 15) is 4.79 Å². The molecular formula is C16H22ClNO2. The van der Waals surface area contributed by atoms with Crippen LogP contribution in [0.3, 0.4) is 0 Å². The van der Waals surface area contributed by atoms with E-state index in [1.807, 2.05) is 19.1 Å². The lowest BCUT2D eigenvalue weighted by Crippen LogP contribution is -2.44. The fourth-order valence-corrected chi connectivity index (χ4v) is 2.75. The van der Waals surface area contributed by atoms with Crippen molar-refractivity contribution in [3.8, 4) is 5.75 Å². The van der Waals surface area contributed by atoms with Crippen LogP contribution in [0.15, 0.2) is 24.3 Å². The first-order valence-corrected chi connectivity index (χ1v) is 7.79. The minimum atomic E-state index is -0.449. The Balaban J connectivity index is 1.91. The Morgan fingerprint density at radius 2 is 2.15 bits per heavy atom. The van der Waals surface area contributed by atoms with Gasteiger partial charge >= 0.3 is 0 Å². The number of benzene rings is 1. The summed E-state index contributed by atoms with van der Waals surface area (Å²) in [6.45, 7) is 1.95. The number of hydrogen-bond acceptors (Lipinski definition) is 2. The molecule has 110 valence electrons. The molecule has 4 heteroatoms. The lowest BCUT2D eigenvalue weighted by atomic mass is 9.95. The van der Waals surface area contributed by atoms with Crippen molar-refractivity contribution in [2.45, 2.75) is 57.6 Å². The van der Waals surface area contributed by atoms with E-state index in [2.05, 4.69) is 5.32 Å². The smallest absolute Gasteiger partial charge is 0.261 e. The Hall–Kier alpha value is -1.22. The van der Waals surface area contributed by atoms with Crippen LogP contribution < -0.4 is 10.1 Å². The highest BCUT2D eigenvalue weighted by Gasteiger charge is 2.22. The first kappa shape index (κ1) is 15.2. The molecule has 1 saturated carbocycles. The molecule has 0 aliphatic heterocycles. The van der Waals surface area contributed by atoms with Crippen LogP contribution in [0.25, 0.3) is 0 Å². The van der Waals surface area contributed by atoms with Crippen LogP contribution in [0.1, 0.15) is 45.4 Å². The monoisotopic (exact) mass is 295 g/mol. The van der Waals surface area contributed by atoms with Gasteiger partial charge in [0.05, 0.1) is 0 Å². The van der Waals surface area contributed by atoms with Gasteiger partial charge in [0.25, 0.3) is 5.91 Å². The highest BCUT2D eigenvalue weighted by molar-refractivity contribution is 6.30. The summed E-state index contributed by atoms with van der Waals surface area (Å²) in [5.41, 5.74) is 0. The predicted molar refractivity (Wildman–Crippen MR) is 81.2 cm³/mol. The molecule has 0 aromatic heterocycles. The zero-order valence-corrected chi connectivity index (χ0v) is 12.7. The molecule has 0 saturated heterocycles. The molecule has 1 fully saturated rings. The van der Waals surface area contributed by atoms with Gasteiger partial charge in [-0.05, 0) is 37.5 Å². The number of hydrogen-bond donors (Lipinski definition) is 1. The zero-order valence-electron chi connectivity index (χ0n) is 11.9. The normalized spacial score (nSPS) is 17.5. The van der Waals surface area contributed by atoms with E-state index in [0.29, 0.717) is 23.2 Å². The predicted octanol–water partition coefficient (Wildman–Crippen LogP) is 3.95. The Labute approximate surface area is 125 Å². The van der Waals surface area contributed by atoms with Crippen LogP contribution in [-0.4, -0.2) is 18.1 Å². The topological polar surface area (TPSA) is 38.3 Å². The number of ether oxygens (including phenoxy) is 1. The summed E-state index contributed by atoms with van der Waals surface area (Å²) in [4.78, 5) is 12.3. The minimum Gasteiger partial charge on any atom is -0.481 e. The van der Waals surface area contributed by atoms with Gasteiger partial charge < -0.3 is 10.1 Å². The lowest BCUT2D eigenvalue weighted by molar-refractivity contribution is -0.129. The van der Waals surface area contributed by atoms with Gasteiger partial charge in [0.1, 0.15) is 5.75 Å². The van der Waals surface area contributed by atoms with E-state index >= 15 is 0 Å². The van der Waals surface area contributed by atoms with Crippen molar-refractivity contribution in [2.24, 2.45) is 0 Å². The molecule has 1 aromatic rings. The van der Waals surface area contributed by atoms with Crippen LogP contribution in [0.2, 0.25) is 5.02 Å². The molecule has 0 radical (unpaired) electrons. The van der Waals surface area contributed by atoms with E-state index in [0.717, 1.165) is 12.8 Å². The molecule has 3 nitrogen and oxygen atoms in total. The van der Waals surface area contributed by atoms with Crippen molar-refractivity contribution >= 4 is 17.5 Å². The van der Waals surface area contributed by atoms with Gasteiger partial charge in [0.15, 0.2) is 6.10 Å². The summed E-state index contributed by atoms with van der Waals surface area (Å²) in [6.07, 6.45) is 6.05. The third-order valence-electron chi connectivity index (χ3n) is 3.69. The Morgan fingerprint density at radius 3 is 2.80 bits per heavy atom. The summed E-state index contributed by atoms with van der Waals surface area (Å²) in [5, 5.41) is 3.72. The average Bonchev–Trinajstić information content (AvgIpc) is 2.46. The number of carbonyl (C=O) groups excluding carboxylic acids is 1. The van der Waals surface area contributed by atoms with Gasteiger partial charge in [-0.1, -0.05) is 43.9 Å². The highest BCUT2D eigenvalue weighted by atomic mass is 35.5. The van der Waals surface area contributed by atoms with E-state index in [1.54, 1.807) is 12.1 Å². The van der Waals surface area contributed by atoms with Gasteiger partial charge in [0.2, 0.25) is 0 Å². The van der Waals surface area contributed by atoms with E-state index in [1.165, 1.54) is 19.3 Å². The van der Waals surface area contributed by atoms with E-state index in [-0.39, 0.29) is 5.91 Å². The second kappa shape index (κ2) is 7.53. The minimum absolute atomic E-state index is 0.0145. The van der Waals surface area contributed by atoms with Crippen molar-refractivity contribution in [2.75, 3.05) is 0 Å². The molecule has 1 aromatic carbocycles. The molecule has 0 bridgehead atoms. The largest absolute Gasteiger partial charge is 0.481 e. The second-order valence-corrected chi connectivity index (χ2v) is 5.75. The van der Waals surface area contributed by atoms with Crippen molar-refractivity contribution in [1.29, 1.82) is 0 Å². The molecule has 0 spiro atoms. The molecule has 1 N–H and O–H groups in total. The molecule has 0 heterocycles. The number of halogens is 1. The maximum Gasteiger partial charge on any atom is 0.261 e. The van der Waals surface area contributed by atoms with Gasteiger partial charge in [-0.3, -0.25) is 4.79 Å². The van der Waals surface area contributed by atoms with Crippen molar-refractivity contribution in [3.05, 3.63) is 29.3 Å². The Kier molecular flexibility index (Phi) is 5.72. The SMILES string of the molecule is CC[C@@H](Oc1cccc(Cl)c1)C(=O)NC1CCCCC1. The summed E-state index contributed by atoms with van der Waals surface area (Å²) in [7, 11) is 0. The molecule has 1 amide bonds. The third-order valence-corrected chi connectivity index (χ3v) is 3.92. The highest BCUT2D eigenvalue weighted by Crippen LogP contribution is 2.20. The molecule has 1 aliphatic rings. The van der Waals surface area contributed by atoms with Gasteiger partial charge in [-0.25, -0.2) is 0 Å². The first-order valence-electron chi connectivity index (χ1n) is 7.41. The summed E-state index contributed by atoms with van der Waals surface area (Å²) in [6, 6.07) is 7.48. The summed E-state index contributed by atoms with van der Waals surface area (Å²) >= 11 is 5.93. The van der Waals surface area contributed by atoms with Crippen molar-refractivity contribution in [3.63, 3.8) is 0 Å². The maximum absolute atomic E-state index is 12.3. The molecule has 0 unspecified atom stereocenters. The van der Waals surface area contributed by atoms with Crippen molar-refractivity contribution < 1.29 is 9.53 Å². The molecule has 20 heavy (non-hydrogen) atoms. The van der Waals surface area contributed by atoms with E-state index in [4.69, 9.17) is 16.3 Å². The average molecular weight is 296 g/mol. The second-order valence-electron chi connectivity index (χ2n) is 5.32. The number of amides is 1. The van der Waals surface area contributed by atoms with E-state index < -0.39 is 6.10 Å². The Morgan fingerprint density at radius 1 is 1.40 bits per heavy atom. The standard InChI is InChI=1S/C16H22ClNO2/c1-2-15(20-14-10-6-7-12(17)11-14)16(19)18-13-8-4-3-5-9-13/h6-7,10-11,13,15H,2-5,8-9H2,1H3,(H,18,19)/t15-/m1/s1. The van der Waals surface area contributed by atoms with Crippen molar-refractivity contribution in [1.82, 2.24) is 5.32 Å². The fraction of sp³-hybridized carbons (Fsp3) is 0.562. The maximum atomic E-state index is 12.3. The van der Waals surface area contributed by atoms with Crippen LogP contribution in [0, 0.1) is 0 Å². The molecule has 1 aliphatic carbocycles. The fourth-order valence-electron chi connectivity index (χ4n) is 2.57. The Bertz CT molecular complexity index is 444. The van der Waals surface area contributed by atoms with Crippen LogP contribution >= 0.6 is 11.6 Å². The van der Waals surface area contributed by atoms with Gasteiger partial charge in [-0.2, -0.15) is 0 Å². The lowest BCUT2D eigenvalue weighted by Gasteiger charge is -2.25. The van der Waals surface area contributed by atoms with Crippen LogP contribution in [-0.2, 0) is 4.79 Å². The number of rotatable bonds is 5. The number of nitrogens with one attached hydrogen (secondary N) is 1.